The average molecular weight is 260 g/mol. The second-order valence-electron chi connectivity index (χ2n) is 5.55. The zero-order valence-corrected chi connectivity index (χ0v) is 11.4. The van der Waals surface area contributed by atoms with Gasteiger partial charge in [0, 0.05) is 5.56 Å². The summed E-state index contributed by atoms with van der Waals surface area (Å²) in [5.41, 5.74) is 2.00. The van der Waals surface area contributed by atoms with Crippen molar-refractivity contribution in [2.75, 3.05) is 13.2 Å². The number of allylic oxidation sites excluding steroid dienone is 1. The predicted molar refractivity (Wildman–Crippen MR) is 72.5 cm³/mol. The van der Waals surface area contributed by atoms with Crippen molar-refractivity contribution in [1.29, 1.82) is 0 Å². The minimum absolute atomic E-state index is 0.344. The summed E-state index contributed by atoms with van der Waals surface area (Å²) >= 11 is 0. The van der Waals surface area contributed by atoms with E-state index in [4.69, 9.17) is 9.47 Å². The van der Waals surface area contributed by atoms with Gasteiger partial charge in [-0.1, -0.05) is 37.3 Å². The van der Waals surface area contributed by atoms with Gasteiger partial charge in [-0.05, 0) is 30.4 Å². The van der Waals surface area contributed by atoms with Gasteiger partial charge in [0.25, 0.3) is 0 Å². The summed E-state index contributed by atoms with van der Waals surface area (Å²) in [4.78, 5) is 0. The van der Waals surface area contributed by atoms with Crippen molar-refractivity contribution in [3.8, 4) is 0 Å². The molecule has 1 aromatic rings. The molecule has 0 spiro atoms. The van der Waals surface area contributed by atoms with Crippen LogP contribution in [0, 0.1) is 5.92 Å². The normalized spacial score (nSPS) is 31.7. The third kappa shape index (κ3) is 2.12. The van der Waals surface area contributed by atoms with E-state index < -0.39 is 5.60 Å². The third-order valence-corrected chi connectivity index (χ3v) is 4.09. The molecule has 2 unspecified atom stereocenters. The molecule has 0 radical (unpaired) electrons. The Morgan fingerprint density at radius 3 is 2.53 bits per heavy atom. The summed E-state index contributed by atoms with van der Waals surface area (Å²) in [7, 11) is 0. The molecule has 1 fully saturated rings. The second kappa shape index (κ2) is 4.75. The Hall–Kier alpha value is -1.16. The van der Waals surface area contributed by atoms with Crippen LogP contribution in [0.4, 0.5) is 0 Å². The van der Waals surface area contributed by atoms with Crippen LogP contribution in [0.25, 0.3) is 0 Å². The first-order valence-corrected chi connectivity index (χ1v) is 6.85. The van der Waals surface area contributed by atoms with Gasteiger partial charge in [-0.3, -0.25) is 0 Å². The lowest BCUT2D eigenvalue weighted by Gasteiger charge is -2.29. The van der Waals surface area contributed by atoms with E-state index >= 15 is 0 Å². The van der Waals surface area contributed by atoms with E-state index in [1.54, 1.807) is 0 Å². The Kier molecular flexibility index (Phi) is 3.21. The highest BCUT2D eigenvalue weighted by molar-refractivity contribution is 5.41. The fraction of sp³-hybridized carbons (Fsp3) is 0.500. The molecule has 102 valence electrons. The Morgan fingerprint density at radius 1 is 1.21 bits per heavy atom. The lowest BCUT2D eigenvalue weighted by atomic mass is 9.84. The van der Waals surface area contributed by atoms with Gasteiger partial charge in [0.05, 0.1) is 13.2 Å². The molecule has 1 aliphatic carbocycles. The minimum atomic E-state index is -0.884. The van der Waals surface area contributed by atoms with Crippen molar-refractivity contribution in [2.45, 2.75) is 32.2 Å². The molecule has 1 heterocycles. The first-order chi connectivity index (χ1) is 9.11. The van der Waals surface area contributed by atoms with Crippen LogP contribution >= 0.6 is 0 Å². The highest BCUT2D eigenvalue weighted by atomic mass is 16.7. The van der Waals surface area contributed by atoms with Gasteiger partial charge in [-0.2, -0.15) is 0 Å². The van der Waals surface area contributed by atoms with E-state index in [0.29, 0.717) is 19.1 Å². The van der Waals surface area contributed by atoms with Gasteiger partial charge in [0.1, 0.15) is 5.60 Å². The van der Waals surface area contributed by atoms with Crippen LogP contribution in [-0.2, 0) is 15.1 Å². The summed E-state index contributed by atoms with van der Waals surface area (Å²) < 4.78 is 11.2. The maximum absolute atomic E-state index is 11.1. The van der Waals surface area contributed by atoms with Gasteiger partial charge in [-0.15, -0.1) is 0 Å². The highest BCUT2D eigenvalue weighted by Crippen LogP contribution is 2.45. The van der Waals surface area contributed by atoms with Gasteiger partial charge in [0.2, 0.25) is 0 Å². The number of benzene rings is 1. The smallest absolute Gasteiger partial charge is 0.184 e. The van der Waals surface area contributed by atoms with Gasteiger partial charge in [-0.25, -0.2) is 0 Å². The molecule has 2 atom stereocenters. The minimum Gasteiger partial charge on any atom is -0.381 e. The SMILES string of the molecule is CC1=CC(C)CC1(O)c1ccccc1C1OCCO1. The molecule has 1 N–H and O–H groups in total. The van der Waals surface area contributed by atoms with Gasteiger partial charge >= 0.3 is 0 Å². The fourth-order valence-corrected chi connectivity index (χ4v) is 3.19. The molecule has 1 aliphatic heterocycles. The second-order valence-corrected chi connectivity index (χ2v) is 5.55. The van der Waals surface area contributed by atoms with Crippen molar-refractivity contribution < 1.29 is 14.6 Å². The Balaban J connectivity index is 2.03. The molecule has 0 amide bonds. The molecule has 3 heteroatoms. The van der Waals surface area contributed by atoms with E-state index in [1.807, 2.05) is 31.2 Å². The van der Waals surface area contributed by atoms with E-state index in [2.05, 4.69) is 13.0 Å². The molecule has 19 heavy (non-hydrogen) atoms. The molecule has 1 saturated heterocycles. The maximum Gasteiger partial charge on any atom is 0.184 e. The number of hydrogen-bond acceptors (Lipinski definition) is 3. The van der Waals surface area contributed by atoms with Crippen molar-refractivity contribution in [2.24, 2.45) is 5.92 Å². The van der Waals surface area contributed by atoms with E-state index in [0.717, 1.165) is 23.1 Å². The van der Waals surface area contributed by atoms with Crippen LogP contribution < -0.4 is 0 Å². The molecule has 0 aromatic heterocycles. The van der Waals surface area contributed by atoms with Crippen LogP contribution in [0.1, 0.15) is 37.7 Å². The molecule has 2 aliphatic rings. The topological polar surface area (TPSA) is 38.7 Å². The first-order valence-electron chi connectivity index (χ1n) is 6.85. The molecule has 0 saturated carbocycles. The zero-order valence-electron chi connectivity index (χ0n) is 11.4. The Morgan fingerprint density at radius 2 is 1.89 bits per heavy atom. The van der Waals surface area contributed by atoms with Crippen LogP contribution in [0.15, 0.2) is 35.9 Å². The number of aliphatic hydroxyl groups is 1. The lowest BCUT2D eigenvalue weighted by molar-refractivity contribution is -0.0481. The summed E-state index contributed by atoms with van der Waals surface area (Å²) in [5.74, 6) is 0.392. The van der Waals surface area contributed by atoms with Gasteiger partial charge in [0.15, 0.2) is 6.29 Å². The summed E-state index contributed by atoms with van der Waals surface area (Å²) in [6.45, 7) is 5.36. The van der Waals surface area contributed by atoms with Crippen molar-refractivity contribution in [3.63, 3.8) is 0 Å². The number of hydrogen-bond donors (Lipinski definition) is 1. The van der Waals surface area contributed by atoms with Crippen LogP contribution in [0.3, 0.4) is 0 Å². The summed E-state index contributed by atoms with van der Waals surface area (Å²) in [6.07, 6.45) is 2.53. The zero-order chi connectivity index (χ0) is 13.5. The first kappa shape index (κ1) is 12.9. The highest BCUT2D eigenvalue weighted by Gasteiger charge is 2.40. The van der Waals surface area contributed by atoms with Crippen molar-refractivity contribution >= 4 is 0 Å². The van der Waals surface area contributed by atoms with Crippen LogP contribution in [0.2, 0.25) is 0 Å². The van der Waals surface area contributed by atoms with E-state index in [1.165, 1.54) is 0 Å². The monoisotopic (exact) mass is 260 g/mol. The predicted octanol–water partition coefficient (Wildman–Crippen LogP) is 2.91. The Labute approximate surface area is 113 Å². The molecule has 3 nitrogen and oxygen atoms in total. The number of ether oxygens (including phenoxy) is 2. The molecular formula is C16H20O3. The molecule has 1 aromatic carbocycles. The quantitative estimate of drug-likeness (QED) is 0.831. The average Bonchev–Trinajstić information content (AvgIpc) is 2.99. The third-order valence-electron chi connectivity index (χ3n) is 4.09. The fourth-order valence-electron chi connectivity index (χ4n) is 3.19. The largest absolute Gasteiger partial charge is 0.381 e. The molecule has 3 rings (SSSR count). The Bertz CT molecular complexity index is 502. The number of rotatable bonds is 2. The van der Waals surface area contributed by atoms with Crippen LogP contribution in [-0.4, -0.2) is 18.3 Å². The van der Waals surface area contributed by atoms with Crippen LogP contribution in [0.5, 0.6) is 0 Å². The molecular weight excluding hydrogens is 240 g/mol. The summed E-state index contributed by atoms with van der Waals surface area (Å²) in [5, 5.41) is 11.1. The summed E-state index contributed by atoms with van der Waals surface area (Å²) in [6, 6.07) is 7.89. The standard InChI is InChI=1S/C16H20O3/c1-11-9-12(2)16(17,10-11)14-6-4-3-5-13(14)15-18-7-8-19-15/h3-6,9,11,15,17H,7-8,10H2,1-2H3. The van der Waals surface area contributed by atoms with E-state index in [-0.39, 0.29) is 6.29 Å². The maximum atomic E-state index is 11.1. The van der Waals surface area contributed by atoms with E-state index in [9.17, 15) is 5.11 Å². The lowest BCUT2D eigenvalue weighted by Crippen LogP contribution is -2.27. The van der Waals surface area contributed by atoms with Crippen molar-refractivity contribution in [1.82, 2.24) is 0 Å². The van der Waals surface area contributed by atoms with Crippen molar-refractivity contribution in [3.05, 3.63) is 47.0 Å². The molecule has 0 bridgehead atoms. The van der Waals surface area contributed by atoms with Gasteiger partial charge < -0.3 is 14.6 Å².